The molecule has 0 aliphatic heterocycles. The second kappa shape index (κ2) is 10.2. The average Bonchev–Trinajstić information content (AvgIpc) is 2.55. The van der Waals surface area contributed by atoms with Crippen LogP contribution in [0.3, 0.4) is 0 Å². The zero-order valence-corrected chi connectivity index (χ0v) is 12.6. The van der Waals surface area contributed by atoms with Crippen LogP contribution in [0.1, 0.15) is 20.7 Å². The van der Waals surface area contributed by atoms with E-state index in [1.54, 1.807) is 24.3 Å². The van der Waals surface area contributed by atoms with Crippen molar-refractivity contribution in [3.8, 4) is 11.5 Å². The fraction of sp³-hybridized carbons (Fsp3) is 0. The average molecular weight is 360 g/mol. The van der Waals surface area contributed by atoms with Crippen molar-refractivity contribution in [1.29, 1.82) is 0 Å². The Labute approximate surface area is 141 Å². The first-order chi connectivity index (χ1) is 10.5. The van der Waals surface area contributed by atoms with Crippen molar-refractivity contribution >= 4 is 11.8 Å². The van der Waals surface area contributed by atoms with Gasteiger partial charge in [-0.05, 0) is 24.3 Å². The van der Waals surface area contributed by atoms with Crippen LogP contribution in [0.2, 0.25) is 0 Å². The van der Waals surface area contributed by atoms with Crippen molar-refractivity contribution in [3.63, 3.8) is 0 Å². The van der Waals surface area contributed by atoms with E-state index in [9.17, 15) is 20.0 Å². The number of carbonyl (C=O) groups is 2. The monoisotopic (exact) mass is 360 g/mol. The molecule has 0 aliphatic carbocycles. The van der Waals surface area contributed by atoms with Crippen LogP contribution in [0.25, 0.3) is 0 Å². The smallest absolute Gasteiger partial charge is 0.759 e. The molecule has 4 N–H and O–H groups in total. The summed E-state index contributed by atoms with van der Waals surface area (Å²) in [5.41, 5.74) is 2.32. The normalized spacial score (nSPS) is 8.78. The number of rotatable bonds is 2. The predicted molar refractivity (Wildman–Crippen MR) is 77.9 cm³/mol. The van der Waals surface area contributed by atoms with Crippen LogP contribution in [0.5, 0.6) is 11.5 Å². The van der Waals surface area contributed by atoms with Crippen LogP contribution in [0.4, 0.5) is 0 Å². The summed E-state index contributed by atoms with van der Waals surface area (Å²) in [4.78, 5) is 21.3. The van der Waals surface area contributed by atoms with Crippen molar-refractivity contribution in [2.75, 3.05) is 0 Å². The molecule has 0 aliphatic rings. The van der Waals surface area contributed by atoms with Gasteiger partial charge in [0.05, 0.1) is 11.1 Å². The molecule has 2 amide bonds. The summed E-state index contributed by atoms with van der Waals surface area (Å²) in [7, 11) is 0. The van der Waals surface area contributed by atoms with E-state index in [4.69, 9.17) is 10.2 Å². The van der Waals surface area contributed by atoms with E-state index >= 15 is 0 Å². The number of aromatic hydroxyl groups is 2. The maximum atomic E-state index is 10.7. The molecule has 0 spiro atoms. The first kappa shape index (κ1) is 20.4. The third kappa shape index (κ3) is 5.97. The Hall–Kier alpha value is -2.58. The molecule has 9 heteroatoms. The molecular weight excluding hydrogens is 348 g/mol. The Morgan fingerprint density at radius 2 is 1.04 bits per heavy atom. The zero-order valence-electron chi connectivity index (χ0n) is 11.5. The Bertz CT molecular complexity index is 608. The molecule has 23 heavy (non-hydrogen) atoms. The van der Waals surface area contributed by atoms with Gasteiger partial charge < -0.3 is 31.6 Å². The standard InChI is InChI=1S/2C7H6NO3.Fe/c2*9-6-4-2-1-3-5(6)7(10)8-11;/h2*1-4H,(H2-,8,9,10,11);/q2*-1;+2. The third-order valence-corrected chi connectivity index (χ3v) is 2.48. The summed E-state index contributed by atoms with van der Waals surface area (Å²) in [6.45, 7) is 0. The second-order valence-corrected chi connectivity index (χ2v) is 3.90. The van der Waals surface area contributed by atoms with Crippen molar-refractivity contribution in [1.82, 2.24) is 11.0 Å². The Kier molecular flexibility index (Phi) is 9.05. The Balaban J connectivity index is 0.000000403. The number of carbonyl (C=O) groups excluding carboxylic acids is 2. The Morgan fingerprint density at radius 1 is 0.739 bits per heavy atom. The van der Waals surface area contributed by atoms with Gasteiger partial charge in [0.15, 0.2) is 0 Å². The maximum absolute atomic E-state index is 10.7. The fourth-order valence-corrected chi connectivity index (χ4v) is 1.44. The topological polar surface area (TPSA) is 145 Å². The van der Waals surface area contributed by atoms with Crippen molar-refractivity contribution in [2.24, 2.45) is 0 Å². The van der Waals surface area contributed by atoms with E-state index in [0.717, 1.165) is 0 Å². The molecule has 0 heterocycles. The summed E-state index contributed by atoms with van der Waals surface area (Å²) in [5.74, 6) is -2.05. The van der Waals surface area contributed by atoms with Crippen LogP contribution in [0.15, 0.2) is 48.5 Å². The maximum Gasteiger partial charge on any atom is 2.00 e. The molecule has 2 rings (SSSR count). The SMILES string of the molecule is O=C(N[O-])c1ccccc1O.O=C(N[O-])c1ccccc1O.[Fe+2]. The zero-order chi connectivity index (χ0) is 16.5. The molecule has 0 bridgehead atoms. The van der Waals surface area contributed by atoms with E-state index in [2.05, 4.69) is 0 Å². The summed E-state index contributed by atoms with van der Waals surface area (Å²) in [5, 5.41) is 37.8. The molecule has 0 radical (unpaired) electrons. The molecule has 0 saturated heterocycles. The van der Waals surface area contributed by atoms with Gasteiger partial charge in [0.2, 0.25) is 11.8 Å². The Morgan fingerprint density at radius 3 is 1.30 bits per heavy atom. The van der Waals surface area contributed by atoms with E-state index in [1.807, 2.05) is 0 Å². The minimum atomic E-state index is -0.830. The van der Waals surface area contributed by atoms with Gasteiger partial charge >= 0.3 is 17.1 Å². The third-order valence-electron chi connectivity index (χ3n) is 2.48. The van der Waals surface area contributed by atoms with Gasteiger partial charge in [-0.3, -0.25) is 9.59 Å². The van der Waals surface area contributed by atoms with Crippen molar-refractivity contribution in [2.45, 2.75) is 0 Å². The molecule has 0 unspecified atom stereocenters. The number of hydroxylamine groups is 2. The van der Waals surface area contributed by atoms with Gasteiger partial charge in [0.25, 0.3) is 0 Å². The van der Waals surface area contributed by atoms with Crippen LogP contribution in [-0.2, 0) is 17.1 Å². The van der Waals surface area contributed by atoms with Gasteiger partial charge in [-0.25, -0.2) is 0 Å². The number of hydrogen-bond acceptors (Lipinski definition) is 6. The fourth-order valence-electron chi connectivity index (χ4n) is 1.44. The van der Waals surface area contributed by atoms with Crippen LogP contribution < -0.4 is 11.0 Å². The largest absolute Gasteiger partial charge is 2.00 e. The van der Waals surface area contributed by atoms with E-state index in [1.165, 1.54) is 35.2 Å². The number of phenols is 2. The van der Waals surface area contributed by atoms with Crippen molar-refractivity contribution < 1.29 is 36.9 Å². The second-order valence-electron chi connectivity index (χ2n) is 3.90. The molecular formula is C14H12FeN2O6. The minimum absolute atomic E-state index is 0. The number of amides is 2. The number of nitrogens with one attached hydrogen (secondary N) is 2. The van der Waals surface area contributed by atoms with Crippen molar-refractivity contribution in [3.05, 3.63) is 70.1 Å². The summed E-state index contributed by atoms with van der Waals surface area (Å²) >= 11 is 0. The van der Waals surface area contributed by atoms with Crippen LogP contribution >= 0.6 is 0 Å². The van der Waals surface area contributed by atoms with E-state index < -0.39 is 11.8 Å². The molecule has 0 fully saturated rings. The van der Waals surface area contributed by atoms with Gasteiger partial charge in [-0.1, -0.05) is 24.3 Å². The van der Waals surface area contributed by atoms with Crippen LogP contribution in [0, 0.1) is 10.4 Å². The summed E-state index contributed by atoms with van der Waals surface area (Å²) in [6.07, 6.45) is 0. The number of phenolic OH excluding ortho intramolecular Hbond substituents is 2. The first-order valence-electron chi connectivity index (χ1n) is 5.92. The molecule has 2 aromatic carbocycles. The van der Waals surface area contributed by atoms with Gasteiger partial charge in [0.1, 0.15) is 11.5 Å². The molecule has 2 aromatic rings. The summed E-state index contributed by atoms with van der Waals surface area (Å²) in [6, 6.07) is 11.7. The van der Waals surface area contributed by atoms with E-state index in [0.29, 0.717) is 0 Å². The molecule has 8 nitrogen and oxygen atoms in total. The number of para-hydroxylation sites is 2. The molecule has 122 valence electrons. The van der Waals surface area contributed by atoms with Gasteiger partial charge in [-0.15, -0.1) is 0 Å². The first-order valence-corrected chi connectivity index (χ1v) is 5.92. The molecule has 0 atom stereocenters. The van der Waals surface area contributed by atoms with E-state index in [-0.39, 0.29) is 39.7 Å². The molecule has 0 aromatic heterocycles. The minimum Gasteiger partial charge on any atom is -0.759 e. The summed E-state index contributed by atoms with van der Waals surface area (Å²) < 4.78 is 0. The molecule has 0 saturated carbocycles. The number of benzene rings is 2. The van der Waals surface area contributed by atoms with Gasteiger partial charge in [-0.2, -0.15) is 0 Å². The number of hydrogen-bond donors (Lipinski definition) is 4. The quantitative estimate of drug-likeness (QED) is 0.468. The predicted octanol–water partition coefficient (Wildman–Crippen LogP) is 1.24. The van der Waals surface area contributed by atoms with Crippen LogP contribution in [-0.4, -0.2) is 22.0 Å². The van der Waals surface area contributed by atoms with Gasteiger partial charge in [0, 0.05) is 0 Å².